The fourth-order valence-corrected chi connectivity index (χ4v) is 3.54. The van der Waals surface area contributed by atoms with E-state index in [0.717, 1.165) is 15.6 Å². The Hall–Kier alpha value is -3.00. The van der Waals surface area contributed by atoms with Crippen LogP contribution >= 0.6 is 15.9 Å². The molecule has 0 bridgehead atoms. The second kappa shape index (κ2) is 7.79. The van der Waals surface area contributed by atoms with Gasteiger partial charge in [-0.2, -0.15) is 0 Å². The minimum absolute atomic E-state index is 0.0952. The number of nitrogen functional groups attached to an aromatic ring is 1. The number of halogens is 1. The van der Waals surface area contributed by atoms with Gasteiger partial charge in [-0.3, -0.25) is 4.79 Å². The topological polar surface area (TPSA) is 88.4 Å². The smallest absolute Gasteiger partial charge is 0.277 e. The van der Waals surface area contributed by atoms with Crippen molar-refractivity contribution in [3.8, 4) is 11.3 Å². The lowest BCUT2D eigenvalue weighted by atomic mass is 10.1. The van der Waals surface area contributed by atoms with E-state index < -0.39 is 0 Å². The molecule has 6 nitrogen and oxygen atoms in total. The molecule has 0 aliphatic carbocycles. The molecule has 3 N–H and O–H groups in total. The van der Waals surface area contributed by atoms with E-state index in [4.69, 9.17) is 5.73 Å². The molecule has 1 atom stereocenters. The third kappa shape index (κ3) is 3.80. The summed E-state index contributed by atoms with van der Waals surface area (Å²) in [6.07, 6.45) is 0. The van der Waals surface area contributed by atoms with Crippen molar-refractivity contribution in [3.63, 3.8) is 0 Å². The van der Waals surface area contributed by atoms with E-state index in [2.05, 4.69) is 20.9 Å². The Morgan fingerprint density at radius 3 is 2.55 bits per heavy atom. The zero-order valence-electron chi connectivity index (χ0n) is 15.7. The van der Waals surface area contributed by atoms with Crippen LogP contribution in [0.25, 0.3) is 22.3 Å². The molecule has 0 fully saturated rings. The molecule has 0 radical (unpaired) electrons. The number of quaternary nitrogens is 1. The SMILES string of the molecule is C[NH+]([O-])c1ccc(N)c(-c2nc3ccccc3n(Cc3ccc(Br)cc3)c2=O)c1. The number of fused-ring (bicyclic) bond motifs is 1. The van der Waals surface area contributed by atoms with Gasteiger partial charge in [-0.1, -0.05) is 40.2 Å². The zero-order chi connectivity index (χ0) is 20.5. The summed E-state index contributed by atoms with van der Waals surface area (Å²) in [6, 6.07) is 20.3. The van der Waals surface area contributed by atoms with Crippen molar-refractivity contribution in [1.29, 1.82) is 0 Å². The van der Waals surface area contributed by atoms with Crippen molar-refractivity contribution in [3.05, 3.63) is 92.3 Å². The van der Waals surface area contributed by atoms with Gasteiger partial charge in [0.15, 0.2) is 0 Å². The molecule has 7 heteroatoms. The van der Waals surface area contributed by atoms with Gasteiger partial charge in [-0.05, 0) is 35.9 Å². The fourth-order valence-electron chi connectivity index (χ4n) is 3.28. The second-order valence-corrected chi connectivity index (χ2v) is 7.74. The molecule has 0 aliphatic heterocycles. The van der Waals surface area contributed by atoms with Gasteiger partial charge < -0.3 is 20.6 Å². The van der Waals surface area contributed by atoms with Gasteiger partial charge in [0.1, 0.15) is 11.4 Å². The summed E-state index contributed by atoms with van der Waals surface area (Å²) >= 11 is 3.43. The summed E-state index contributed by atoms with van der Waals surface area (Å²) in [5, 5.41) is 11.7. The number of anilines is 1. The Morgan fingerprint density at radius 2 is 1.83 bits per heavy atom. The van der Waals surface area contributed by atoms with Gasteiger partial charge in [-0.15, -0.1) is 0 Å². The number of nitrogens with two attached hydrogens (primary N) is 1. The van der Waals surface area contributed by atoms with Crippen LogP contribution in [-0.2, 0) is 6.54 Å². The summed E-state index contributed by atoms with van der Waals surface area (Å²) in [5.74, 6) is 0. The van der Waals surface area contributed by atoms with Crippen molar-refractivity contribution in [2.24, 2.45) is 0 Å². The number of rotatable bonds is 4. The Bertz CT molecular complexity index is 1250. The zero-order valence-corrected chi connectivity index (χ0v) is 17.3. The van der Waals surface area contributed by atoms with Crippen molar-refractivity contribution < 1.29 is 5.06 Å². The summed E-state index contributed by atoms with van der Waals surface area (Å²) in [5.41, 5.74) is 9.92. The maximum Gasteiger partial charge on any atom is 0.277 e. The highest BCUT2D eigenvalue weighted by Gasteiger charge is 2.16. The molecule has 0 spiro atoms. The number of nitrogens with one attached hydrogen (secondary N) is 1. The number of hydrogen-bond acceptors (Lipinski definition) is 4. The highest BCUT2D eigenvalue weighted by Crippen LogP contribution is 2.26. The molecule has 4 rings (SSSR count). The molecule has 29 heavy (non-hydrogen) atoms. The third-order valence-corrected chi connectivity index (χ3v) is 5.35. The monoisotopic (exact) mass is 450 g/mol. The van der Waals surface area contributed by atoms with Gasteiger partial charge in [0, 0.05) is 27.9 Å². The summed E-state index contributed by atoms with van der Waals surface area (Å²) < 4.78 is 2.67. The van der Waals surface area contributed by atoms with Crippen LogP contribution in [0, 0.1) is 5.21 Å². The summed E-state index contributed by atoms with van der Waals surface area (Å²) in [7, 11) is 1.48. The molecule has 146 valence electrons. The molecule has 1 unspecified atom stereocenters. The van der Waals surface area contributed by atoms with E-state index >= 15 is 0 Å². The van der Waals surface area contributed by atoms with E-state index in [1.807, 2.05) is 48.5 Å². The minimum atomic E-state index is -0.251. The van der Waals surface area contributed by atoms with Crippen molar-refractivity contribution in [1.82, 2.24) is 9.55 Å². The highest BCUT2D eigenvalue weighted by atomic mass is 79.9. The van der Waals surface area contributed by atoms with Crippen LogP contribution in [0.3, 0.4) is 0 Å². The van der Waals surface area contributed by atoms with E-state index in [0.29, 0.717) is 29.0 Å². The fraction of sp³-hybridized carbons (Fsp3) is 0.0909. The average molecular weight is 451 g/mol. The van der Waals surface area contributed by atoms with Crippen LogP contribution in [0.4, 0.5) is 11.4 Å². The van der Waals surface area contributed by atoms with Crippen LogP contribution in [0.5, 0.6) is 0 Å². The minimum Gasteiger partial charge on any atom is -0.629 e. The Kier molecular flexibility index (Phi) is 5.19. The van der Waals surface area contributed by atoms with Gasteiger partial charge in [-0.25, -0.2) is 4.98 Å². The van der Waals surface area contributed by atoms with Crippen LogP contribution in [0.2, 0.25) is 0 Å². The van der Waals surface area contributed by atoms with E-state index in [-0.39, 0.29) is 16.3 Å². The van der Waals surface area contributed by atoms with Gasteiger partial charge >= 0.3 is 0 Å². The first-order valence-corrected chi connectivity index (χ1v) is 9.88. The maximum atomic E-state index is 13.4. The highest BCUT2D eigenvalue weighted by molar-refractivity contribution is 9.10. The largest absolute Gasteiger partial charge is 0.629 e. The molecule has 0 amide bonds. The lowest BCUT2D eigenvalue weighted by Crippen LogP contribution is -2.98. The quantitative estimate of drug-likeness (QED) is 0.369. The number of hydrogen-bond donors (Lipinski definition) is 2. The molecule has 1 heterocycles. The van der Waals surface area contributed by atoms with Crippen LogP contribution in [0.15, 0.2) is 76.0 Å². The number of para-hydroxylation sites is 2. The number of nitrogens with zero attached hydrogens (tertiary/aromatic N) is 2. The molecule has 0 aliphatic rings. The first kappa shape index (κ1) is 19.3. The van der Waals surface area contributed by atoms with Crippen LogP contribution in [0.1, 0.15) is 5.56 Å². The molecule has 0 saturated carbocycles. The Labute approximate surface area is 175 Å². The predicted molar refractivity (Wildman–Crippen MR) is 119 cm³/mol. The van der Waals surface area contributed by atoms with Gasteiger partial charge in [0.25, 0.3) is 5.56 Å². The Morgan fingerprint density at radius 1 is 1.10 bits per heavy atom. The lowest BCUT2D eigenvalue weighted by Gasteiger charge is -2.18. The first-order chi connectivity index (χ1) is 13.9. The van der Waals surface area contributed by atoms with Gasteiger partial charge in [0.2, 0.25) is 0 Å². The summed E-state index contributed by atoms with van der Waals surface area (Å²) in [4.78, 5) is 18.0. The Balaban J connectivity index is 1.95. The van der Waals surface area contributed by atoms with Crippen LogP contribution < -0.4 is 16.4 Å². The van der Waals surface area contributed by atoms with Crippen molar-refractivity contribution >= 4 is 38.3 Å². The summed E-state index contributed by atoms with van der Waals surface area (Å²) in [6.45, 7) is 0.397. The standard InChI is InChI=1S/C22H19BrN4O2/c1-26(29)16-10-11-18(24)17(12-16)21-22(28)27(13-14-6-8-15(23)9-7-14)20-5-3-2-4-19(20)25-21/h2-12,26H,13,24H2,1H3. The van der Waals surface area contributed by atoms with Gasteiger partial charge in [0.05, 0.1) is 24.6 Å². The molecule has 4 aromatic rings. The number of benzene rings is 3. The lowest BCUT2D eigenvalue weighted by molar-refractivity contribution is -0.751. The molecule has 3 aromatic carbocycles. The number of aromatic nitrogens is 2. The normalized spacial score (nSPS) is 12.2. The molecule has 0 saturated heterocycles. The predicted octanol–water partition coefficient (Wildman–Crippen LogP) is 3.10. The third-order valence-electron chi connectivity index (χ3n) is 4.82. The van der Waals surface area contributed by atoms with Crippen molar-refractivity contribution in [2.45, 2.75) is 6.54 Å². The number of hydroxylamine groups is 1. The van der Waals surface area contributed by atoms with E-state index in [1.54, 1.807) is 22.8 Å². The van der Waals surface area contributed by atoms with E-state index in [9.17, 15) is 10.0 Å². The van der Waals surface area contributed by atoms with E-state index in [1.165, 1.54) is 7.05 Å². The average Bonchev–Trinajstić information content (AvgIpc) is 2.71. The molecule has 1 aromatic heterocycles. The first-order valence-electron chi connectivity index (χ1n) is 9.09. The second-order valence-electron chi connectivity index (χ2n) is 6.83. The molecular weight excluding hydrogens is 432 g/mol. The van der Waals surface area contributed by atoms with Crippen LogP contribution in [-0.4, -0.2) is 16.6 Å². The molecular formula is C22H19BrN4O2. The van der Waals surface area contributed by atoms with Crippen molar-refractivity contribution in [2.75, 3.05) is 12.8 Å². The maximum absolute atomic E-state index is 13.4.